The fourth-order valence-electron chi connectivity index (χ4n) is 2.02. The topological polar surface area (TPSA) is 32.3 Å². The van der Waals surface area contributed by atoms with E-state index in [1.807, 2.05) is 0 Å². The van der Waals surface area contributed by atoms with Crippen LogP contribution in [-0.4, -0.2) is 23.3 Å². The normalized spacial score (nSPS) is 16.3. The third-order valence-corrected chi connectivity index (χ3v) is 2.81. The zero-order chi connectivity index (χ0) is 11.1. The molecule has 2 unspecified atom stereocenters. The molecule has 0 aromatic heterocycles. The fraction of sp³-hybridized carbons (Fsp3) is 1.00. The summed E-state index contributed by atoms with van der Waals surface area (Å²) < 4.78 is 0. The minimum absolute atomic E-state index is 0.147. The summed E-state index contributed by atoms with van der Waals surface area (Å²) in [7, 11) is 0. The van der Waals surface area contributed by atoms with Gasteiger partial charge in [0.1, 0.15) is 0 Å². The van der Waals surface area contributed by atoms with Crippen molar-refractivity contribution in [2.75, 3.05) is 0 Å². The van der Waals surface area contributed by atoms with Crippen LogP contribution < -0.4 is 5.32 Å². The second-order valence-electron chi connectivity index (χ2n) is 4.60. The number of nitrogens with one attached hydrogen (secondary N) is 1. The van der Waals surface area contributed by atoms with Gasteiger partial charge in [-0.2, -0.15) is 0 Å². The molecule has 0 aliphatic carbocycles. The summed E-state index contributed by atoms with van der Waals surface area (Å²) in [4.78, 5) is 0. The highest BCUT2D eigenvalue weighted by Gasteiger charge is 2.18. The largest absolute Gasteiger partial charge is 0.393 e. The van der Waals surface area contributed by atoms with Crippen LogP contribution in [0.15, 0.2) is 0 Å². The Morgan fingerprint density at radius 3 is 1.93 bits per heavy atom. The predicted molar refractivity (Wildman–Crippen MR) is 62.4 cm³/mol. The van der Waals surface area contributed by atoms with Gasteiger partial charge in [-0.1, -0.05) is 40.5 Å². The maximum Gasteiger partial charge on any atom is 0.0582 e. The summed E-state index contributed by atoms with van der Waals surface area (Å²) in [5.41, 5.74) is 0. The van der Waals surface area contributed by atoms with Crippen molar-refractivity contribution in [3.63, 3.8) is 0 Å². The van der Waals surface area contributed by atoms with Crippen LogP contribution in [0.1, 0.15) is 53.9 Å². The Morgan fingerprint density at radius 1 is 1.07 bits per heavy atom. The van der Waals surface area contributed by atoms with Crippen LogP contribution >= 0.6 is 0 Å². The molecule has 14 heavy (non-hydrogen) atoms. The van der Waals surface area contributed by atoms with Gasteiger partial charge in [0.15, 0.2) is 0 Å². The third-order valence-electron chi connectivity index (χ3n) is 2.81. The van der Waals surface area contributed by atoms with E-state index in [0.29, 0.717) is 18.0 Å². The number of rotatable bonds is 7. The zero-order valence-electron chi connectivity index (χ0n) is 10.4. The standard InChI is InChI=1S/C12H27NO/c1-6-11(7-2)12(14)8-10(5)13-9(3)4/h9-14H,6-8H2,1-5H3. The van der Waals surface area contributed by atoms with Gasteiger partial charge in [-0.25, -0.2) is 0 Å². The molecule has 0 fully saturated rings. The Bertz CT molecular complexity index is 132. The van der Waals surface area contributed by atoms with E-state index in [2.05, 4.69) is 39.9 Å². The highest BCUT2D eigenvalue weighted by atomic mass is 16.3. The summed E-state index contributed by atoms with van der Waals surface area (Å²) in [6, 6.07) is 0.907. The monoisotopic (exact) mass is 201 g/mol. The van der Waals surface area contributed by atoms with Crippen molar-refractivity contribution in [1.82, 2.24) is 5.32 Å². The molecule has 0 aliphatic rings. The molecule has 0 spiro atoms. The quantitative estimate of drug-likeness (QED) is 0.663. The van der Waals surface area contributed by atoms with Gasteiger partial charge in [0, 0.05) is 12.1 Å². The van der Waals surface area contributed by atoms with Gasteiger partial charge in [-0.3, -0.25) is 0 Å². The lowest BCUT2D eigenvalue weighted by Crippen LogP contribution is -2.36. The van der Waals surface area contributed by atoms with Gasteiger partial charge in [-0.15, -0.1) is 0 Å². The minimum Gasteiger partial charge on any atom is -0.393 e. The van der Waals surface area contributed by atoms with Crippen LogP contribution in [0.5, 0.6) is 0 Å². The number of hydrogen-bond donors (Lipinski definition) is 2. The van der Waals surface area contributed by atoms with E-state index in [9.17, 15) is 5.11 Å². The lowest BCUT2D eigenvalue weighted by Gasteiger charge is -2.25. The Hall–Kier alpha value is -0.0800. The van der Waals surface area contributed by atoms with Crippen molar-refractivity contribution in [2.45, 2.75) is 72.1 Å². The zero-order valence-corrected chi connectivity index (χ0v) is 10.4. The molecule has 0 rings (SSSR count). The number of aliphatic hydroxyl groups is 1. The fourth-order valence-corrected chi connectivity index (χ4v) is 2.02. The first kappa shape index (κ1) is 13.9. The Morgan fingerprint density at radius 2 is 1.57 bits per heavy atom. The molecular weight excluding hydrogens is 174 g/mol. The second kappa shape index (κ2) is 7.24. The molecule has 2 atom stereocenters. The maximum atomic E-state index is 9.95. The molecule has 2 nitrogen and oxygen atoms in total. The number of aliphatic hydroxyl groups excluding tert-OH is 1. The first-order chi connectivity index (χ1) is 6.51. The smallest absolute Gasteiger partial charge is 0.0582 e. The van der Waals surface area contributed by atoms with E-state index in [1.165, 1.54) is 0 Å². The van der Waals surface area contributed by atoms with Crippen molar-refractivity contribution in [2.24, 2.45) is 5.92 Å². The highest BCUT2D eigenvalue weighted by Crippen LogP contribution is 2.17. The summed E-state index contributed by atoms with van der Waals surface area (Å²) in [5, 5.41) is 13.4. The molecule has 2 heteroatoms. The van der Waals surface area contributed by atoms with Crippen LogP contribution in [0.25, 0.3) is 0 Å². The summed E-state index contributed by atoms with van der Waals surface area (Å²) in [6.07, 6.45) is 2.87. The van der Waals surface area contributed by atoms with E-state index in [1.54, 1.807) is 0 Å². The van der Waals surface area contributed by atoms with Gasteiger partial charge in [0.05, 0.1) is 6.10 Å². The van der Waals surface area contributed by atoms with Crippen LogP contribution in [-0.2, 0) is 0 Å². The van der Waals surface area contributed by atoms with Gasteiger partial charge >= 0.3 is 0 Å². The minimum atomic E-state index is -0.147. The lowest BCUT2D eigenvalue weighted by atomic mass is 9.92. The summed E-state index contributed by atoms with van der Waals surface area (Å²) >= 11 is 0. The molecular formula is C12H27NO. The Labute approximate surface area is 89.1 Å². The van der Waals surface area contributed by atoms with Gasteiger partial charge in [0.2, 0.25) is 0 Å². The average molecular weight is 201 g/mol. The van der Waals surface area contributed by atoms with Gasteiger partial charge < -0.3 is 10.4 Å². The van der Waals surface area contributed by atoms with E-state index >= 15 is 0 Å². The summed E-state index contributed by atoms with van der Waals surface area (Å²) in [5.74, 6) is 0.464. The molecule has 0 aliphatic heterocycles. The third kappa shape index (κ3) is 5.61. The molecule has 0 saturated heterocycles. The first-order valence-electron chi connectivity index (χ1n) is 5.95. The highest BCUT2D eigenvalue weighted by molar-refractivity contribution is 4.73. The Balaban J connectivity index is 3.84. The van der Waals surface area contributed by atoms with Crippen molar-refractivity contribution in [1.29, 1.82) is 0 Å². The van der Waals surface area contributed by atoms with Crippen LogP contribution in [0.4, 0.5) is 0 Å². The molecule has 2 N–H and O–H groups in total. The molecule has 0 aromatic carbocycles. The van der Waals surface area contributed by atoms with Crippen molar-refractivity contribution in [3.05, 3.63) is 0 Å². The SMILES string of the molecule is CCC(CC)C(O)CC(C)NC(C)C. The van der Waals surface area contributed by atoms with E-state index < -0.39 is 0 Å². The van der Waals surface area contributed by atoms with Crippen LogP contribution in [0, 0.1) is 5.92 Å². The molecule has 0 bridgehead atoms. The van der Waals surface area contributed by atoms with E-state index in [0.717, 1.165) is 19.3 Å². The molecule has 0 radical (unpaired) electrons. The maximum absolute atomic E-state index is 9.95. The van der Waals surface area contributed by atoms with Gasteiger partial charge in [0.25, 0.3) is 0 Å². The molecule has 0 aromatic rings. The van der Waals surface area contributed by atoms with Crippen molar-refractivity contribution >= 4 is 0 Å². The van der Waals surface area contributed by atoms with E-state index in [-0.39, 0.29) is 6.10 Å². The first-order valence-corrected chi connectivity index (χ1v) is 5.95. The van der Waals surface area contributed by atoms with E-state index in [4.69, 9.17) is 0 Å². The molecule has 0 amide bonds. The van der Waals surface area contributed by atoms with Crippen LogP contribution in [0.3, 0.4) is 0 Å². The summed E-state index contributed by atoms with van der Waals surface area (Å²) in [6.45, 7) is 10.7. The molecule has 86 valence electrons. The molecule has 0 saturated carbocycles. The Kier molecular flexibility index (Phi) is 7.20. The predicted octanol–water partition coefficient (Wildman–Crippen LogP) is 2.56. The molecule has 0 heterocycles. The second-order valence-corrected chi connectivity index (χ2v) is 4.60. The van der Waals surface area contributed by atoms with Crippen LogP contribution in [0.2, 0.25) is 0 Å². The van der Waals surface area contributed by atoms with Crippen molar-refractivity contribution < 1.29 is 5.11 Å². The van der Waals surface area contributed by atoms with Gasteiger partial charge in [-0.05, 0) is 19.3 Å². The van der Waals surface area contributed by atoms with Crippen molar-refractivity contribution in [3.8, 4) is 0 Å². The lowest BCUT2D eigenvalue weighted by molar-refractivity contribution is 0.0842. The average Bonchev–Trinajstić information content (AvgIpc) is 2.04. The number of hydrogen-bond acceptors (Lipinski definition) is 2.